The van der Waals surface area contributed by atoms with Crippen molar-refractivity contribution in [1.29, 1.82) is 0 Å². The van der Waals surface area contributed by atoms with Crippen LogP contribution in [0.2, 0.25) is 0 Å². The lowest BCUT2D eigenvalue weighted by molar-refractivity contribution is -0.132. The highest BCUT2D eigenvalue weighted by molar-refractivity contribution is 5.78. The van der Waals surface area contributed by atoms with E-state index < -0.39 is 0 Å². The Bertz CT molecular complexity index is 775. The maximum absolute atomic E-state index is 13.0. The summed E-state index contributed by atoms with van der Waals surface area (Å²) in [5, 5.41) is 2.05. The predicted octanol–water partition coefficient (Wildman–Crippen LogP) is 1.90. The lowest BCUT2D eigenvalue weighted by Crippen LogP contribution is -2.67. The first-order valence-electron chi connectivity index (χ1n) is 12.8. The number of fused-ring (bicyclic) bond motifs is 1. The van der Waals surface area contributed by atoms with Gasteiger partial charge in [-0.1, -0.05) is 0 Å². The number of likely N-dealkylation sites (N-methyl/N-ethyl adjacent to an activating group) is 1. The monoisotopic (exact) mass is 479 g/mol. The number of hydrogen-bond donors (Lipinski definition) is 1. The van der Waals surface area contributed by atoms with E-state index in [1.807, 2.05) is 47.5 Å². The minimum absolute atomic E-state index is 0.0774. The van der Waals surface area contributed by atoms with Crippen LogP contribution >= 0.6 is 0 Å². The number of amides is 3. The summed E-state index contributed by atoms with van der Waals surface area (Å²) in [6.45, 7) is 8.15. The Morgan fingerprint density at radius 1 is 1.03 bits per heavy atom. The third-order valence-corrected chi connectivity index (χ3v) is 7.98. The number of methoxy groups -OCH3 is 1. The zero-order chi connectivity index (χ0) is 24.6. The van der Waals surface area contributed by atoms with Crippen LogP contribution < -0.4 is 5.43 Å². The highest BCUT2D eigenvalue weighted by Gasteiger charge is 2.49. The molecule has 2 aliphatic carbocycles. The van der Waals surface area contributed by atoms with Gasteiger partial charge in [-0.2, -0.15) is 0 Å². The number of nitrogens with one attached hydrogen (secondary N) is 1. The summed E-state index contributed by atoms with van der Waals surface area (Å²) in [7, 11) is 3.31. The van der Waals surface area contributed by atoms with Crippen LogP contribution in [0.4, 0.5) is 9.59 Å². The molecule has 2 saturated carbocycles. The lowest BCUT2D eigenvalue weighted by Gasteiger charge is -2.53. The van der Waals surface area contributed by atoms with Gasteiger partial charge in [0.1, 0.15) is 0 Å². The summed E-state index contributed by atoms with van der Waals surface area (Å²) in [6.07, 6.45) is 4.00. The minimum atomic E-state index is -0.329. The summed E-state index contributed by atoms with van der Waals surface area (Å²) >= 11 is 0. The van der Waals surface area contributed by atoms with Gasteiger partial charge in [0, 0.05) is 32.7 Å². The molecule has 2 heterocycles. The molecule has 0 bridgehead atoms. The van der Waals surface area contributed by atoms with E-state index in [2.05, 4.69) is 5.43 Å². The molecule has 10 nitrogen and oxygen atoms in total. The Hall–Kier alpha value is -2.07. The van der Waals surface area contributed by atoms with Crippen LogP contribution in [0.5, 0.6) is 0 Å². The number of piperazine rings is 1. The Balaban J connectivity index is 1.42. The van der Waals surface area contributed by atoms with Crippen LogP contribution in [0.15, 0.2) is 0 Å². The zero-order valence-electron chi connectivity index (χ0n) is 21.2. The highest BCUT2D eigenvalue weighted by Crippen LogP contribution is 2.40. The number of carbonyl (C=O) groups excluding carboxylic acids is 3. The van der Waals surface area contributed by atoms with Gasteiger partial charge in [-0.25, -0.2) is 14.6 Å². The molecule has 3 amide bonds. The van der Waals surface area contributed by atoms with Crippen molar-refractivity contribution in [1.82, 2.24) is 25.1 Å². The Morgan fingerprint density at radius 2 is 1.76 bits per heavy atom. The highest BCUT2D eigenvalue weighted by atomic mass is 16.6. The van der Waals surface area contributed by atoms with Gasteiger partial charge in [-0.05, 0) is 64.7 Å². The van der Waals surface area contributed by atoms with Crippen molar-refractivity contribution in [2.75, 3.05) is 40.3 Å². The quantitative estimate of drug-likeness (QED) is 0.644. The summed E-state index contributed by atoms with van der Waals surface area (Å²) in [5.41, 5.74) is 3.42. The maximum Gasteiger partial charge on any atom is 0.410 e. The van der Waals surface area contributed by atoms with Crippen LogP contribution in [0.1, 0.15) is 52.9 Å². The molecule has 4 rings (SSSR count). The maximum atomic E-state index is 13.0. The van der Waals surface area contributed by atoms with E-state index in [9.17, 15) is 14.4 Å². The first kappa shape index (κ1) is 25.0. The molecule has 0 radical (unpaired) electrons. The Kier molecular flexibility index (Phi) is 7.57. The normalized spacial score (nSPS) is 31.9. The zero-order valence-corrected chi connectivity index (χ0v) is 21.2. The van der Waals surface area contributed by atoms with Crippen LogP contribution in [-0.2, 0) is 14.3 Å². The van der Waals surface area contributed by atoms with Crippen LogP contribution in [0.3, 0.4) is 0 Å². The van der Waals surface area contributed by atoms with Gasteiger partial charge in [0.15, 0.2) is 0 Å². The third-order valence-electron chi connectivity index (χ3n) is 7.98. The van der Waals surface area contributed by atoms with Crippen molar-refractivity contribution in [3.63, 3.8) is 0 Å². The summed E-state index contributed by atoms with van der Waals surface area (Å²) in [5.74, 6) is 0.961. The van der Waals surface area contributed by atoms with E-state index in [0.29, 0.717) is 31.0 Å². The van der Waals surface area contributed by atoms with E-state index in [4.69, 9.17) is 9.47 Å². The second kappa shape index (κ2) is 10.3. The van der Waals surface area contributed by atoms with Crippen molar-refractivity contribution in [2.45, 2.75) is 83.1 Å². The Morgan fingerprint density at radius 3 is 2.41 bits per heavy atom. The van der Waals surface area contributed by atoms with Crippen molar-refractivity contribution >= 4 is 18.1 Å². The van der Waals surface area contributed by atoms with E-state index in [1.165, 1.54) is 7.11 Å². The molecule has 34 heavy (non-hydrogen) atoms. The molecule has 4 unspecified atom stereocenters. The molecule has 0 aromatic carbocycles. The molecule has 0 spiro atoms. The average Bonchev–Trinajstić information content (AvgIpc) is 3.55. The first-order valence-corrected chi connectivity index (χ1v) is 12.8. The summed E-state index contributed by atoms with van der Waals surface area (Å²) in [6, 6.07) is 0.107. The molecular formula is C24H41N5O5. The predicted molar refractivity (Wildman–Crippen MR) is 126 cm³/mol. The SMILES string of the molecule is COC(=O)N1C2CCC(C3CNN(CC(=O)N(C)C4CC4)C3)CC2N(C(=O)OC(C)C)C[C@@H]1C. The van der Waals surface area contributed by atoms with Crippen LogP contribution in [-0.4, -0.2) is 108 Å². The van der Waals surface area contributed by atoms with Gasteiger partial charge < -0.3 is 19.3 Å². The lowest BCUT2D eigenvalue weighted by atomic mass is 9.73. The number of carbonyl (C=O) groups is 3. The summed E-state index contributed by atoms with van der Waals surface area (Å²) < 4.78 is 10.7. The van der Waals surface area contributed by atoms with Crippen molar-refractivity contribution in [3.05, 3.63) is 0 Å². The topological polar surface area (TPSA) is 94.7 Å². The minimum Gasteiger partial charge on any atom is -0.453 e. The number of rotatable bonds is 5. The molecule has 0 aromatic rings. The van der Waals surface area contributed by atoms with Gasteiger partial charge >= 0.3 is 12.2 Å². The van der Waals surface area contributed by atoms with Gasteiger partial charge in [-0.3, -0.25) is 15.1 Å². The fourth-order valence-corrected chi connectivity index (χ4v) is 6.02. The van der Waals surface area contributed by atoms with E-state index in [1.54, 1.807) is 0 Å². The van der Waals surface area contributed by atoms with E-state index in [0.717, 1.165) is 45.2 Å². The first-order chi connectivity index (χ1) is 16.2. The van der Waals surface area contributed by atoms with Gasteiger partial charge in [0.2, 0.25) is 5.91 Å². The molecule has 2 aliphatic heterocycles. The largest absolute Gasteiger partial charge is 0.453 e. The Labute approximate surface area is 202 Å². The molecule has 4 aliphatic rings. The van der Waals surface area contributed by atoms with Crippen LogP contribution in [0, 0.1) is 11.8 Å². The smallest absolute Gasteiger partial charge is 0.410 e. The van der Waals surface area contributed by atoms with Crippen molar-refractivity contribution < 1.29 is 23.9 Å². The molecule has 10 heteroatoms. The van der Waals surface area contributed by atoms with Gasteiger partial charge in [-0.15, -0.1) is 0 Å². The molecule has 2 saturated heterocycles. The van der Waals surface area contributed by atoms with Crippen molar-refractivity contribution in [3.8, 4) is 0 Å². The van der Waals surface area contributed by atoms with E-state index >= 15 is 0 Å². The number of ether oxygens (including phenoxy) is 2. The van der Waals surface area contributed by atoms with Crippen molar-refractivity contribution in [2.24, 2.45) is 11.8 Å². The third kappa shape index (κ3) is 5.27. The molecule has 4 fully saturated rings. The molecule has 192 valence electrons. The fourth-order valence-electron chi connectivity index (χ4n) is 6.02. The standard InChI is InChI=1S/C24H41N5O5/c1-15(2)34-23(31)28-12-16(3)29(24(32)33-5)20-9-6-17(10-21(20)28)18-11-25-27(13-18)14-22(30)26(4)19-7-8-19/h15-21,25H,6-14H2,1-5H3/t16-,17?,18?,20?,21?/m0/s1. The van der Waals surface area contributed by atoms with E-state index in [-0.39, 0.29) is 42.3 Å². The molecule has 5 atom stereocenters. The second-order valence-electron chi connectivity index (χ2n) is 10.8. The fraction of sp³-hybridized carbons (Fsp3) is 0.875. The van der Waals surface area contributed by atoms with Crippen LogP contribution in [0.25, 0.3) is 0 Å². The molecular weight excluding hydrogens is 438 g/mol. The van der Waals surface area contributed by atoms with Gasteiger partial charge in [0.25, 0.3) is 0 Å². The molecule has 0 aromatic heterocycles. The second-order valence-corrected chi connectivity index (χ2v) is 10.8. The number of hydrogen-bond acceptors (Lipinski definition) is 7. The molecule has 1 N–H and O–H groups in total. The summed E-state index contributed by atoms with van der Waals surface area (Å²) in [4.78, 5) is 43.7. The number of hydrazine groups is 1. The number of nitrogens with zero attached hydrogens (tertiary/aromatic N) is 4. The average molecular weight is 480 g/mol. The van der Waals surface area contributed by atoms with Gasteiger partial charge in [0.05, 0.1) is 37.9 Å².